The number of halogens is 2. The van der Waals surface area contributed by atoms with Gasteiger partial charge in [-0.3, -0.25) is 4.79 Å². The molecular formula is C16H15F2NO. The van der Waals surface area contributed by atoms with Gasteiger partial charge in [-0.1, -0.05) is 18.2 Å². The van der Waals surface area contributed by atoms with E-state index in [2.05, 4.69) is 0 Å². The van der Waals surface area contributed by atoms with Crippen molar-refractivity contribution in [3.63, 3.8) is 0 Å². The summed E-state index contributed by atoms with van der Waals surface area (Å²) >= 11 is 0. The van der Waals surface area contributed by atoms with Gasteiger partial charge in [0.2, 0.25) is 0 Å². The highest BCUT2D eigenvalue weighted by Crippen LogP contribution is 2.16. The van der Waals surface area contributed by atoms with Crippen molar-refractivity contribution in [1.29, 1.82) is 0 Å². The van der Waals surface area contributed by atoms with E-state index in [-0.39, 0.29) is 18.1 Å². The highest BCUT2D eigenvalue weighted by Gasteiger charge is 2.13. The van der Waals surface area contributed by atoms with Crippen LogP contribution in [0.3, 0.4) is 0 Å². The van der Waals surface area contributed by atoms with E-state index in [4.69, 9.17) is 0 Å². The molecule has 0 N–H and O–H groups in total. The third-order valence-electron chi connectivity index (χ3n) is 3.04. The third-order valence-corrected chi connectivity index (χ3v) is 3.04. The van der Waals surface area contributed by atoms with Gasteiger partial charge in [0.15, 0.2) is 5.78 Å². The average Bonchev–Trinajstić information content (AvgIpc) is 2.44. The molecule has 0 saturated carbocycles. The number of carbonyl (C=O) groups excluding carboxylic acids is 1. The van der Waals surface area contributed by atoms with E-state index >= 15 is 0 Å². The lowest BCUT2D eigenvalue weighted by molar-refractivity contribution is 0.0999. The van der Waals surface area contributed by atoms with Crippen molar-refractivity contribution in [2.45, 2.75) is 6.92 Å². The van der Waals surface area contributed by atoms with E-state index < -0.39 is 5.82 Å². The number of likely N-dealkylation sites (N-methyl/N-ethyl adjacent to an activating group) is 1. The average molecular weight is 275 g/mol. The Bertz CT molecular complexity index is 613. The van der Waals surface area contributed by atoms with Crippen LogP contribution in [0, 0.1) is 11.6 Å². The van der Waals surface area contributed by atoms with E-state index in [0.717, 1.165) is 0 Å². The van der Waals surface area contributed by atoms with Gasteiger partial charge in [-0.25, -0.2) is 8.78 Å². The Labute approximate surface area is 116 Å². The Hall–Kier alpha value is -2.23. The van der Waals surface area contributed by atoms with E-state index in [1.165, 1.54) is 30.3 Å². The number of anilines is 1. The molecule has 0 spiro atoms. The summed E-state index contributed by atoms with van der Waals surface area (Å²) in [7, 11) is 0. The Morgan fingerprint density at radius 1 is 1.05 bits per heavy atom. The fourth-order valence-electron chi connectivity index (χ4n) is 1.99. The van der Waals surface area contributed by atoms with E-state index in [0.29, 0.717) is 17.8 Å². The first-order chi connectivity index (χ1) is 9.60. The quantitative estimate of drug-likeness (QED) is 0.776. The molecule has 0 saturated heterocycles. The van der Waals surface area contributed by atoms with E-state index in [9.17, 15) is 13.6 Å². The molecule has 0 atom stereocenters. The van der Waals surface area contributed by atoms with Crippen molar-refractivity contribution in [3.05, 3.63) is 65.7 Å². The standard InChI is InChI=1S/C16H15F2NO/c1-2-19(15-8-4-7-14(18)10-15)11-16(20)12-5-3-6-13(17)9-12/h3-10H,2,11H2,1H3. The number of ketones is 1. The Balaban J connectivity index is 2.16. The zero-order chi connectivity index (χ0) is 14.5. The van der Waals surface area contributed by atoms with Gasteiger partial charge in [-0.05, 0) is 37.3 Å². The van der Waals surface area contributed by atoms with Gasteiger partial charge in [0.1, 0.15) is 11.6 Å². The van der Waals surface area contributed by atoms with Crippen LogP contribution in [0.4, 0.5) is 14.5 Å². The number of Topliss-reactive ketones (excluding diaryl/α,β-unsaturated/α-hetero) is 1. The monoisotopic (exact) mass is 275 g/mol. The Kier molecular flexibility index (Phi) is 4.45. The summed E-state index contributed by atoms with van der Waals surface area (Å²) in [6.07, 6.45) is 0. The first kappa shape index (κ1) is 14.2. The molecule has 4 heteroatoms. The van der Waals surface area contributed by atoms with Crippen molar-refractivity contribution >= 4 is 11.5 Å². The van der Waals surface area contributed by atoms with Gasteiger partial charge >= 0.3 is 0 Å². The minimum atomic E-state index is -0.440. The zero-order valence-electron chi connectivity index (χ0n) is 11.1. The van der Waals surface area contributed by atoms with Crippen LogP contribution in [0.2, 0.25) is 0 Å². The summed E-state index contributed by atoms with van der Waals surface area (Å²) in [6, 6.07) is 11.6. The minimum absolute atomic E-state index is 0.0867. The summed E-state index contributed by atoms with van der Waals surface area (Å²) in [5.41, 5.74) is 0.956. The Morgan fingerprint density at radius 3 is 2.30 bits per heavy atom. The second kappa shape index (κ2) is 6.28. The summed E-state index contributed by atoms with van der Waals surface area (Å²) < 4.78 is 26.3. The zero-order valence-corrected chi connectivity index (χ0v) is 11.1. The lowest BCUT2D eigenvalue weighted by Gasteiger charge is -2.22. The van der Waals surface area contributed by atoms with Crippen molar-refractivity contribution in [2.24, 2.45) is 0 Å². The predicted molar refractivity (Wildman–Crippen MR) is 75.0 cm³/mol. The number of carbonyl (C=O) groups is 1. The first-order valence-electron chi connectivity index (χ1n) is 6.39. The van der Waals surface area contributed by atoms with E-state index in [1.807, 2.05) is 6.92 Å². The maximum absolute atomic E-state index is 13.2. The number of rotatable bonds is 5. The molecule has 2 nitrogen and oxygen atoms in total. The fraction of sp³-hybridized carbons (Fsp3) is 0.188. The largest absolute Gasteiger partial charge is 0.364 e. The maximum Gasteiger partial charge on any atom is 0.182 e. The van der Waals surface area contributed by atoms with Gasteiger partial charge in [-0.2, -0.15) is 0 Å². The molecule has 0 bridgehead atoms. The molecule has 0 unspecified atom stereocenters. The summed E-state index contributed by atoms with van der Waals surface area (Å²) in [5, 5.41) is 0. The van der Waals surface area contributed by atoms with Gasteiger partial charge < -0.3 is 4.90 Å². The molecule has 0 amide bonds. The van der Waals surface area contributed by atoms with Crippen LogP contribution in [-0.4, -0.2) is 18.9 Å². The molecule has 0 aromatic heterocycles. The molecular weight excluding hydrogens is 260 g/mol. The smallest absolute Gasteiger partial charge is 0.182 e. The van der Waals surface area contributed by atoms with Crippen molar-refractivity contribution in [2.75, 3.05) is 18.0 Å². The highest BCUT2D eigenvalue weighted by molar-refractivity contribution is 5.99. The fourth-order valence-corrected chi connectivity index (χ4v) is 1.99. The molecule has 2 aromatic rings. The van der Waals surface area contributed by atoms with Gasteiger partial charge in [0, 0.05) is 17.8 Å². The second-order valence-corrected chi connectivity index (χ2v) is 4.43. The summed E-state index contributed by atoms with van der Waals surface area (Å²) in [6.45, 7) is 2.53. The molecule has 0 radical (unpaired) electrons. The second-order valence-electron chi connectivity index (χ2n) is 4.43. The topological polar surface area (TPSA) is 20.3 Å². The maximum atomic E-state index is 13.2. The lowest BCUT2D eigenvalue weighted by atomic mass is 10.1. The van der Waals surface area contributed by atoms with Crippen LogP contribution in [0.15, 0.2) is 48.5 Å². The van der Waals surface area contributed by atoms with Crippen LogP contribution in [-0.2, 0) is 0 Å². The molecule has 2 aromatic carbocycles. The minimum Gasteiger partial charge on any atom is -0.364 e. The molecule has 0 aliphatic heterocycles. The lowest BCUT2D eigenvalue weighted by Crippen LogP contribution is -2.29. The summed E-state index contributed by atoms with van der Waals surface area (Å²) in [5.74, 6) is -0.987. The number of benzene rings is 2. The molecule has 20 heavy (non-hydrogen) atoms. The van der Waals surface area contributed by atoms with Crippen LogP contribution in [0.1, 0.15) is 17.3 Å². The van der Waals surface area contributed by atoms with Gasteiger partial charge in [-0.15, -0.1) is 0 Å². The van der Waals surface area contributed by atoms with Crippen molar-refractivity contribution in [3.8, 4) is 0 Å². The SMILES string of the molecule is CCN(CC(=O)c1cccc(F)c1)c1cccc(F)c1. The molecule has 0 fully saturated rings. The third kappa shape index (κ3) is 3.41. The molecule has 0 aliphatic carbocycles. The van der Waals surface area contributed by atoms with Crippen molar-refractivity contribution < 1.29 is 13.6 Å². The number of nitrogens with zero attached hydrogens (tertiary/aromatic N) is 1. The van der Waals surface area contributed by atoms with Crippen LogP contribution < -0.4 is 4.90 Å². The molecule has 0 heterocycles. The van der Waals surface area contributed by atoms with Crippen LogP contribution in [0.25, 0.3) is 0 Å². The van der Waals surface area contributed by atoms with Crippen molar-refractivity contribution in [1.82, 2.24) is 0 Å². The van der Waals surface area contributed by atoms with E-state index in [1.54, 1.807) is 23.1 Å². The Morgan fingerprint density at radius 2 is 1.70 bits per heavy atom. The van der Waals surface area contributed by atoms with Crippen LogP contribution >= 0.6 is 0 Å². The molecule has 0 aliphatic rings. The first-order valence-corrected chi connectivity index (χ1v) is 6.39. The number of hydrogen-bond acceptors (Lipinski definition) is 2. The predicted octanol–water partition coefficient (Wildman–Crippen LogP) is 3.67. The van der Waals surface area contributed by atoms with Crippen LogP contribution in [0.5, 0.6) is 0 Å². The molecule has 2 rings (SSSR count). The molecule has 104 valence electrons. The number of hydrogen-bond donors (Lipinski definition) is 0. The van der Waals surface area contributed by atoms with Gasteiger partial charge in [0.25, 0.3) is 0 Å². The highest BCUT2D eigenvalue weighted by atomic mass is 19.1. The normalized spacial score (nSPS) is 10.3. The summed E-state index contributed by atoms with van der Waals surface area (Å²) in [4.78, 5) is 13.9. The van der Waals surface area contributed by atoms with Gasteiger partial charge in [0.05, 0.1) is 6.54 Å².